The van der Waals surface area contributed by atoms with Crippen molar-refractivity contribution in [3.8, 4) is 11.5 Å². The van der Waals surface area contributed by atoms with Gasteiger partial charge in [0.15, 0.2) is 0 Å². The molecule has 9 nitrogen and oxygen atoms in total. The molecule has 1 amide bonds. The minimum Gasteiger partial charge on any atom is -0.457 e. The average Bonchev–Trinajstić information content (AvgIpc) is 3.21. The van der Waals surface area contributed by atoms with Gasteiger partial charge in [0.25, 0.3) is 0 Å². The molecule has 3 aromatic rings. The van der Waals surface area contributed by atoms with Crippen LogP contribution in [0.3, 0.4) is 0 Å². The number of cyclic esters (lactones) is 1. The molecular weight excluding hydrogens is 436 g/mol. The molecule has 1 saturated heterocycles. The minimum atomic E-state index is -0.427. The van der Waals surface area contributed by atoms with Gasteiger partial charge in [0.1, 0.15) is 18.1 Å². The minimum absolute atomic E-state index is 0.0413. The predicted molar refractivity (Wildman–Crippen MR) is 128 cm³/mol. The number of ether oxygens (including phenoxy) is 2. The number of likely N-dealkylation sites (N-methyl/N-ethyl adjacent to an activating group) is 1. The summed E-state index contributed by atoms with van der Waals surface area (Å²) in [5.74, 6) is 1.64. The predicted octanol–water partition coefficient (Wildman–Crippen LogP) is 5.32. The maximum atomic E-state index is 11.7. The SMILES string of the molecule is CCN(c1ccc(Oc2ccc(C[C@H]3COC(=O)N3CC)cc2)cc1)c1ncccc1[N+](=O)[O-]. The molecule has 0 radical (unpaired) electrons. The van der Waals surface area contributed by atoms with Crippen LogP contribution in [0, 0.1) is 10.1 Å². The van der Waals surface area contributed by atoms with Gasteiger partial charge in [-0.3, -0.25) is 10.1 Å². The number of benzene rings is 2. The Hall–Kier alpha value is -4.14. The molecule has 0 N–H and O–H groups in total. The summed E-state index contributed by atoms with van der Waals surface area (Å²) in [4.78, 5) is 30.4. The van der Waals surface area contributed by atoms with Gasteiger partial charge in [0, 0.05) is 31.0 Å². The Kier molecular flexibility index (Phi) is 6.91. The van der Waals surface area contributed by atoms with E-state index in [0.717, 1.165) is 17.7 Å². The number of pyridine rings is 1. The summed E-state index contributed by atoms with van der Waals surface area (Å²) in [6.45, 7) is 5.42. The van der Waals surface area contributed by atoms with E-state index in [1.807, 2.05) is 62.4 Å². The highest BCUT2D eigenvalue weighted by Crippen LogP contribution is 2.33. The van der Waals surface area contributed by atoms with Crippen molar-refractivity contribution in [2.75, 3.05) is 24.6 Å². The number of nitrogens with zero attached hydrogens (tertiary/aromatic N) is 4. The molecule has 0 unspecified atom stereocenters. The average molecular weight is 463 g/mol. The molecule has 1 aliphatic heterocycles. The Morgan fingerprint density at radius 2 is 1.79 bits per heavy atom. The van der Waals surface area contributed by atoms with Gasteiger partial charge in [-0.25, -0.2) is 9.78 Å². The quantitative estimate of drug-likeness (QED) is 0.313. The van der Waals surface area contributed by atoms with Crippen LogP contribution < -0.4 is 9.64 Å². The summed E-state index contributed by atoms with van der Waals surface area (Å²) >= 11 is 0. The van der Waals surface area contributed by atoms with Crippen LogP contribution in [-0.4, -0.2) is 46.6 Å². The molecule has 1 fully saturated rings. The van der Waals surface area contributed by atoms with Gasteiger partial charge in [-0.15, -0.1) is 0 Å². The zero-order valence-electron chi connectivity index (χ0n) is 19.1. The van der Waals surface area contributed by atoms with Gasteiger partial charge in [-0.1, -0.05) is 12.1 Å². The van der Waals surface area contributed by atoms with Gasteiger partial charge in [0.05, 0.1) is 11.0 Å². The molecular formula is C25H26N4O5. The summed E-state index contributed by atoms with van der Waals surface area (Å²) in [5.41, 5.74) is 1.83. The van der Waals surface area contributed by atoms with Gasteiger partial charge in [-0.2, -0.15) is 0 Å². The zero-order chi connectivity index (χ0) is 24.1. The normalized spacial score (nSPS) is 15.2. The summed E-state index contributed by atoms with van der Waals surface area (Å²) in [5, 5.41) is 11.4. The van der Waals surface area contributed by atoms with Crippen molar-refractivity contribution in [1.82, 2.24) is 9.88 Å². The maximum absolute atomic E-state index is 11.7. The van der Waals surface area contributed by atoms with Gasteiger partial charge >= 0.3 is 11.8 Å². The van der Waals surface area contributed by atoms with E-state index >= 15 is 0 Å². The lowest BCUT2D eigenvalue weighted by molar-refractivity contribution is -0.384. The Bertz CT molecular complexity index is 1150. The fraction of sp³-hybridized carbons (Fsp3) is 0.280. The lowest BCUT2D eigenvalue weighted by Crippen LogP contribution is -2.34. The highest BCUT2D eigenvalue weighted by Gasteiger charge is 2.31. The Morgan fingerprint density at radius 1 is 1.12 bits per heavy atom. The summed E-state index contributed by atoms with van der Waals surface area (Å²) in [6.07, 6.45) is 2.01. The van der Waals surface area contributed by atoms with E-state index in [4.69, 9.17) is 9.47 Å². The first-order chi connectivity index (χ1) is 16.5. The van der Waals surface area contributed by atoms with Crippen molar-refractivity contribution in [2.24, 2.45) is 0 Å². The van der Waals surface area contributed by atoms with Crippen molar-refractivity contribution in [3.05, 3.63) is 82.5 Å². The second-order valence-corrected chi connectivity index (χ2v) is 7.81. The molecule has 0 spiro atoms. The number of rotatable bonds is 9. The molecule has 0 aliphatic carbocycles. The summed E-state index contributed by atoms with van der Waals surface area (Å²) in [6, 6.07) is 18.2. The molecule has 2 aromatic carbocycles. The van der Waals surface area contributed by atoms with Gasteiger partial charge in [-0.05, 0) is 68.3 Å². The smallest absolute Gasteiger partial charge is 0.410 e. The molecule has 1 aromatic heterocycles. The molecule has 2 heterocycles. The fourth-order valence-electron chi connectivity index (χ4n) is 4.04. The van der Waals surface area contributed by atoms with E-state index in [2.05, 4.69) is 4.98 Å². The van der Waals surface area contributed by atoms with Crippen LogP contribution in [-0.2, 0) is 11.2 Å². The van der Waals surface area contributed by atoms with Crippen LogP contribution in [0.25, 0.3) is 0 Å². The molecule has 1 aliphatic rings. The third kappa shape index (κ3) is 4.93. The van der Waals surface area contributed by atoms with Crippen molar-refractivity contribution < 1.29 is 19.2 Å². The van der Waals surface area contributed by atoms with E-state index in [0.29, 0.717) is 37.0 Å². The number of carbonyl (C=O) groups is 1. The lowest BCUT2D eigenvalue weighted by atomic mass is 10.1. The number of nitro groups is 1. The highest BCUT2D eigenvalue weighted by atomic mass is 16.6. The van der Waals surface area contributed by atoms with Gasteiger partial charge < -0.3 is 19.3 Å². The van der Waals surface area contributed by atoms with Crippen molar-refractivity contribution in [1.29, 1.82) is 0 Å². The first-order valence-corrected chi connectivity index (χ1v) is 11.2. The number of hydrogen-bond acceptors (Lipinski definition) is 7. The fourth-order valence-corrected chi connectivity index (χ4v) is 4.04. The second kappa shape index (κ2) is 10.2. The molecule has 0 saturated carbocycles. The molecule has 4 rings (SSSR count). The number of aromatic nitrogens is 1. The Morgan fingerprint density at radius 3 is 2.41 bits per heavy atom. The number of hydrogen-bond donors (Lipinski definition) is 0. The van der Waals surface area contributed by atoms with Crippen molar-refractivity contribution >= 4 is 23.3 Å². The topological polar surface area (TPSA) is 98.0 Å². The third-order valence-corrected chi connectivity index (χ3v) is 5.73. The highest BCUT2D eigenvalue weighted by molar-refractivity contribution is 5.70. The van der Waals surface area contributed by atoms with Crippen molar-refractivity contribution in [3.63, 3.8) is 0 Å². The van der Waals surface area contributed by atoms with Crippen LogP contribution in [0.2, 0.25) is 0 Å². The van der Waals surface area contributed by atoms with Crippen LogP contribution in [0.15, 0.2) is 66.9 Å². The molecule has 176 valence electrons. The van der Waals surface area contributed by atoms with Crippen LogP contribution in [0.5, 0.6) is 11.5 Å². The third-order valence-electron chi connectivity index (χ3n) is 5.73. The number of amides is 1. The van der Waals surface area contributed by atoms with E-state index in [-0.39, 0.29) is 17.8 Å². The van der Waals surface area contributed by atoms with Crippen molar-refractivity contribution in [2.45, 2.75) is 26.3 Å². The van der Waals surface area contributed by atoms with E-state index in [1.165, 1.54) is 6.07 Å². The van der Waals surface area contributed by atoms with E-state index in [1.54, 1.807) is 22.1 Å². The Labute approximate surface area is 197 Å². The largest absolute Gasteiger partial charge is 0.457 e. The molecule has 0 bridgehead atoms. The second-order valence-electron chi connectivity index (χ2n) is 7.81. The first-order valence-electron chi connectivity index (χ1n) is 11.2. The molecule has 9 heteroatoms. The van der Waals surface area contributed by atoms with Crippen LogP contribution in [0.1, 0.15) is 19.4 Å². The standard InChI is InChI=1S/C25H26N4O5/c1-3-27(24-23(29(31)32)6-5-15-26-24)19-9-13-22(14-10-19)34-21-11-7-18(8-12-21)16-20-17-33-25(30)28(20)4-2/h5-15,20H,3-4,16-17H2,1-2H3/t20-/m0/s1. The number of carbonyl (C=O) groups excluding carboxylic acids is 1. The van der Waals surface area contributed by atoms with E-state index < -0.39 is 4.92 Å². The molecule has 34 heavy (non-hydrogen) atoms. The monoisotopic (exact) mass is 462 g/mol. The zero-order valence-corrected chi connectivity index (χ0v) is 19.1. The van der Waals surface area contributed by atoms with Crippen LogP contribution in [0.4, 0.5) is 22.0 Å². The maximum Gasteiger partial charge on any atom is 0.410 e. The Balaban J connectivity index is 1.43. The van der Waals surface area contributed by atoms with Crippen LogP contribution >= 0.6 is 0 Å². The lowest BCUT2D eigenvalue weighted by Gasteiger charge is -2.22. The molecule has 1 atom stereocenters. The number of anilines is 2. The van der Waals surface area contributed by atoms with Gasteiger partial charge in [0.2, 0.25) is 5.82 Å². The summed E-state index contributed by atoms with van der Waals surface area (Å²) < 4.78 is 11.1. The summed E-state index contributed by atoms with van der Waals surface area (Å²) in [7, 11) is 0. The first kappa shape index (κ1) is 23.0. The van der Waals surface area contributed by atoms with E-state index in [9.17, 15) is 14.9 Å².